The highest BCUT2D eigenvalue weighted by molar-refractivity contribution is 5.97. The third-order valence-electron chi connectivity index (χ3n) is 2.10. The van der Waals surface area contributed by atoms with Crippen molar-refractivity contribution in [2.45, 2.75) is 6.92 Å². The Morgan fingerprint density at radius 2 is 2.24 bits per heavy atom. The molecule has 17 heavy (non-hydrogen) atoms. The highest BCUT2D eigenvalue weighted by Crippen LogP contribution is 2.25. The van der Waals surface area contributed by atoms with Gasteiger partial charge in [-0.25, -0.2) is 4.79 Å². The van der Waals surface area contributed by atoms with Gasteiger partial charge < -0.3 is 21.1 Å². The number of benzene rings is 1. The largest absolute Gasteiger partial charge is 0.495 e. The average molecular weight is 236 g/mol. The Morgan fingerprint density at radius 1 is 1.53 bits per heavy atom. The van der Waals surface area contributed by atoms with Gasteiger partial charge >= 0.3 is 6.03 Å². The Hall–Kier alpha value is -2.24. The van der Waals surface area contributed by atoms with E-state index in [-0.39, 0.29) is 11.9 Å². The second-order valence-electron chi connectivity index (χ2n) is 3.31. The van der Waals surface area contributed by atoms with Crippen LogP contribution in [0.15, 0.2) is 18.2 Å². The van der Waals surface area contributed by atoms with E-state index < -0.39 is 0 Å². The van der Waals surface area contributed by atoms with Gasteiger partial charge in [-0.05, 0) is 25.1 Å². The van der Waals surface area contributed by atoms with Gasteiger partial charge in [-0.15, -0.1) is 0 Å². The molecule has 0 bridgehead atoms. The topological polar surface area (TPSA) is 100 Å². The van der Waals surface area contributed by atoms with Gasteiger partial charge in [-0.2, -0.15) is 0 Å². The maximum absolute atomic E-state index is 11.4. The molecule has 0 atom stereocenters. The summed E-state index contributed by atoms with van der Waals surface area (Å²) in [5, 5.41) is 12.6. The summed E-state index contributed by atoms with van der Waals surface area (Å²) in [5.74, 6) is 0.414. The summed E-state index contributed by atoms with van der Waals surface area (Å²) >= 11 is 0. The van der Waals surface area contributed by atoms with Crippen molar-refractivity contribution in [2.75, 3.05) is 19.0 Å². The third-order valence-corrected chi connectivity index (χ3v) is 2.10. The molecule has 0 aliphatic rings. The molecule has 92 valence electrons. The number of anilines is 1. The second kappa shape index (κ2) is 5.74. The van der Waals surface area contributed by atoms with Gasteiger partial charge in [0.15, 0.2) is 0 Å². The van der Waals surface area contributed by atoms with Crippen LogP contribution in [0.1, 0.15) is 12.5 Å². The first-order valence-electron chi connectivity index (χ1n) is 5.15. The van der Waals surface area contributed by atoms with Crippen molar-refractivity contribution in [3.8, 4) is 5.75 Å². The summed E-state index contributed by atoms with van der Waals surface area (Å²) in [6.07, 6.45) is 0. The molecule has 0 saturated carbocycles. The molecule has 0 unspecified atom stereocenters. The third kappa shape index (κ3) is 3.37. The minimum absolute atomic E-state index is 0.0483. The van der Waals surface area contributed by atoms with Crippen molar-refractivity contribution in [3.63, 3.8) is 0 Å². The Morgan fingerprint density at radius 3 is 2.76 bits per heavy atom. The Bertz CT molecular complexity index is 431. The molecule has 6 heteroatoms. The fraction of sp³-hybridized carbons (Fsp3) is 0.273. The van der Waals surface area contributed by atoms with Crippen molar-refractivity contribution >= 4 is 17.6 Å². The van der Waals surface area contributed by atoms with Gasteiger partial charge in [0, 0.05) is 12.1 Å². The van der Waals surface area contributed by atoms with Crippen molar-refractivity contribution in [1.29, 1.82) is 5.41 Å². The molecular weight excluding hydrogens is 220 g/mol. The van der Waals surface area contributed by atoms with Crippen LogP contribution in [0.3, 0.4) is 0 Å². The van der Waals surface area contributed by atoms with Gasteiger partial charge in [0.1, 0.15) is 11.6 Å². The normalized spacial score (nSPS) is 9.53. The molecule has 0 saturated heterocycles. The maximum Gasteiger partial charge on any atom is 0.319 e. The van der Waals surface area contributed by atoms with E-state index in [0.29, 0.717) is 23.5 Å². The first-order chi connectivity index (χ1) is 8.08. The number of ether oxygens (including phenoxy) is 1. The Kier molecular flexibility index (Phi) is 4.33. The van der Waals surface area contributed by atoms with Crippen molar-refractivity contribution in [2.24, 2.45) is 5.73 Å². The molecule has 1 rings (SSSR count). The SMILES string of the molecule is CCNC(=O)Nc1ccc(C(=N)N)cc1OC. The molecule has 2 amide bonds. The standard InChI is InChI=1S/C11H16N4O2/c1-3-14-11(16)15-8-5-4-7(10(12)13)6-9(8)17-2/h4-6H,3H2,1-2H3,(H3,12,13)(H2,14,15,16). The van der Waals surface area contributed by atoms with Gasteiger partial charge in [-0.1, -0.05) is 0 Å². The molecule has 0 heterocycles. The molecule has 0 aliphatic heterocycles. The number of nitrogen functional groups attached to an aromatic ring is 1. The fourth-order valence-corrected chi connectivity index (χ4v) is 1.29. The number of carbonyl (C=O) groups is 1. The quantitative estimate of drug-likeness (QED) is 0.465. The lowest BCUT2D eigenvalue weighted by Crippen LogP contribution is -2.28. The number of urea groups is 1. The summed E-state index contributed by atoms with van der Waals surface area (Å²) in [6.45, 7) is 2.37. The summed E-state index contributed by atoms with van der Waals surface area (Å²) in [5.41, 5.74) is 6.44. The summed E-state index contributed by atoms with van der Waals surface area (Å²) in [7, 11) is 1.49. The predicted octanol–water partition coefficient (Wildman–Crippen LogP) is 1.12. The number of nitrogens with one attached hydrogen (secondary N) is 3. The van der Waals surface area contributed by atoms with Crippen molar-refractivity contribution in [1.82, 2.24) is 5.32 Å². The lowest BCUT2D eigenvalue weighted by Gasteiger charge is -2.11. The smallest absolute Gasteiger partial charge is 0.319 e. The van der Waals surface area contributed by atoms with Gasteiger partial charge in [0.05, 0.1) is 12.8 Å². The maximum atomic E-state index is 11.4. The number of amidine groups is 1. The van der Waals surface area contributed by atoms with Crippen LogP contribution in [-0.2, 0) is 0 Å². The zero-order valence-electron chi connectivity index (χ0n) is 9.83. The van der Waals surface area contributed by atoms with Crippen LogP contribution in [-0.4, -0.2) is 25.5 Å². The lowest BCUT2D eigenvalue weighted by molar-refractivity contribution is 0.252. The predicted molar refractivity (Wildman–Crippen MR) is 66.7 cm³/mol. The number of amides is 2. The van der Waals surface area contributed by atoms with Crippen LogP contribution in [0.5, 0.6) is 5.75 Å². The lowest BCUT2D eigenvalue weighted by atomic mass is 10.1. The Balaban J connectivity index is 2.92. The van der Waals surface area contributed by atoms with Crippen LogP contribution in [0.2, 0.25) is 0 Å². The molecule has 6 nitrogen and oxygen atoms in total. The first-order valence-corrected chi connectivity index (χ1v) is 5.15. The van der Waals surface area contributed by atoms with Crippen LogP contribution in [0.25, 0.3) is 0 Å². The first kappa shape index (κ1) is 12.8. The van der Waals surface area contributed by atoms with Crippen molar-refractivity contribution < 1.29 is 9.53 Å². The average Bonchev–Trinajstić information content (AvgIpc) is 2.29. The van der Waals surface area contributed by atoms with Crippen LogP contribution < -0.4 is 21.1 Å². The zero-order valence-corrected chi connectivity index (χ0v) is 9.83. The summed E-state index contributed by atoms with van der Waals surface area (Å²) in [6, 6.07) is 4.59. The van der Waals surface area contributed by atoms with Crippen LogP contribution in [0.4, 0.5) is 10.5 Å². The zero-order chi connectivity index (χ0) is 12.8. The van der Waals surface area contributed by atoms with Crippen LogP contribution in [0, 0.1) is 5.41 Å². The number of carbonyl (C=O) groups excluding carboxylic acids is 1. The molecule has 0 spiro atoms. The highest BCUT2D eigenvalue weighted by atomic mass is 16.5. The van der Waals surface area contributed by atoms with Crippen molar-refractivity contribution in [3.05, 3.63) is 23.8 Å². The summed E-state index contributed by atoms with van der Waals surface area (Å²) in [4.78, 5) is 11.4. The van der Waals surface area contributed by atoms with E-state index in [1.165, 1.54) is 7.11 Å². The van der Waals surface area contributed by atoms with E-state index in [1.807, 2.05) is 6.92 Å². The molecule has 0 radical (unpaired) electrons. The number of hydrogen-bond acceptors (Lipinski definition) is 3. The number of hydrogen-bond donors (Lipinski definition) is 4. The van der Waals surface area contributed by atoms with E-state index in [1.54, 1.807) is 18.2 Å². The number of nitrogens with two attached hydrogens (primary N) is 1. The molecule has 0 fully saturated rings. The Labute approximate surface area is 99.7 Å². The number of methoxy groups -OCH3 is 1. The second-order valence-corrected chi connectivity index (χ2v) is 3.31. The molecule has 0 aromatic heterocycles. The van der Waals surface area contributed by atoms with E-state index in [9.17, 15) is 4.79 Å². The van der Waals surface area contributed by atoms with E-state index >= 15 is 0 Å². The fourth-order valence-electron chi connectivity index (χ4n) is 1.29. The molecule has 1 aromatic carbocycles. The van der Waals surface area contributed by atoms with Gasteiger partial charge in [-0.3, -0.25) is 5.41 Å². The van der Waals surface area contributed by atoms with Crippen LogP contribution >= 0.6 is 0 Å². The van der Waals surface area contributed by atoms with Gasteiger partial charge in [0.25, 0.3) is 0 Å². The molecule has 1 aromatic rings. The molecular formula is C11H16N4O2. The molecule has 0 aliphatic carbocycles. The number of rotatable bonds is 4. The minimum Gasteiger partial charge on any atom is -0.495 e. The van der Waals surface area contributed by atoms with E-state index in [2.05, 4.69) is 10.6 Å². The minimum atomic E-state index is -0.304. The summed E-state index contributed by atoms with van der Waals surface area (Å²) < 4.78 is 5.12. The van der Waals surface area contributed by atoms with Gasteiger partial charge in [0.2, 0.25) is 0 Å². The monoisotopic (exact) mass is 236 g/mol. The molecule has 5 N–H and O–H groups in total. The van der Waals surface area contributed by atoms with E-state index in [0.717, 1.165) is 0 Å². The highest BCUT2D eigenvalue weighted by Gasteiger charge is 2.08. The van der Waals surface area contributed by atoms with E-state index in [4.69, 9.17) is 15.9 Å².